The van der Waals surface area contributed by atoms with Gasteiger partial charge in [-0.2, -0.15) is 0 Å². The summed E-state index contributed by atoms with van der Waals surface area (Å²) in [6, 6.07) is 3.75. The van der Waals surface area contributed by atoms with Gasteiger partial charge in [0.25, 0.3) is 5.91 Å². The summed E-state index contributed by atoms with van der Waals surface area (Å²) in [5.41, 5.74) is 0.985. The molecule has 2 atom stereocenters. The maximum atomic E-state index is 12.5. The molecule has 8 nitrogen and oxygen atoms in total. The zero-order valence-corrected chi connectivity index (χ0v) is 17.1. The first-order valence-corrected chi connectivity index (χ1v) is 10.5. The van der Waals surface area contributed by atoms with Gasteiger partial charge in [0.15, 0.2) is 0 Å². The van der Waals surface area contributed by atoms with Gasteiger partial charge in [0.05, 0.1) is 13.2 Å². The summed E-state index contributed by atoms with van der Waals surface area (Å²) in [5, 5.41) is 15.1. The fourth-order valence-electron chi connectivity index (χ4n) is 3.93. The van der Waals surface area contributed by atoms with Crippen LogP contribution in [0.25, 0.3) is 0 Å². The zero-order valence-electron chi connectivity index (χ0n) is 17.1. The van der Waals surface area contributed by atoms with Crippen molar-refractivity contribution < 1.29 is 19.4 Å². The van der Waals surface area contributed by atoms with E-state index in [1.54, 1.807) is 19.2 Å². The van der Waals surface area contributed by atoms with Crippen molar-refractivity contribution in [3.8, 4) is 0 Å². The van der Waals surface area contributed by atoms with Crippen molar-refractivity contribution in [2.75, 3.05) is 33.4 Å². The van der Waals surface area contributed by atoms with Crippen molar-refractivity contribution in [2.24, 2.45) is 5.92 Å². The van der Waals surface area contributed by atoms with E-state index in [-0.39, 0.29) is 30.5 Å². The third-order valence-electron chi connectivity index (χ3n) is 5.72. The Bertz CT molecular complexity index is 695. The number of likely N-dealkylation sites (tertiary alicyclic amines) is 1. The molecule has 8 heteroatoms. The predicted octanol–water partition coefficient (Wildman–Crippen LogP) is 0.699. The number of hydrogen-bond donors (Lipinski definition) is 3. The Kier molecular flexibility index (Phi) is 7.97. The minimum absolute atomic E-state index is 0.0579. The number of aliphatic hydroxyl groups is 1. The van der Waals surface area contributed by atoms with Gasteiger partial charge in [0.1, 0.15) is 5.69 Å². The number of ether oxygens (including phenoxy) is 1. The fraction of sp³-hybridized carbons (Fsp3) is 0.667. The molecule has 2 heterocycles. The van der Waals surface area contributed by atoms with Crippen LogP contribution >= 0.6 is 0 Å². The second kappa shape index (κ2) is 10.7. The highest BCUT2D eigenvalue weighted by Crippen LogP contribution is 2.35. The number of aromatic nitrogens is 1. The monoisotopic (exact) mass is 404 g/mol. The molecule has 2 aliphatic rings. The van der Waals surface area contributed by atoms with Crippen molar-refractivity contribution in [2.45, 2.75) is 50.8 Å². The number of pyridine rings is 1. The second-order valence-corrected chi connectivity index (χ2v) is 7.99. The first-order chi connectivity index (χ1) is 14.1. The van der Waals surface area contributed by atoms with Gasteiger partial charge >= 0.3 is 0 Å². The number of hydrogen-bond acceptors (Lipinski definition) is 6. The third-order valence-corrected chi connectivity index (χ3v) is 5.72. The van der Waals surface area contributed by atoms with Gasteiger partial charge in [0.2, 0.25) is 5.91 Å². The Hall–Kier alpha value is -2.03. The fourth-order valence-corrected chi connectivity index (χ4v) is 3.93. The highest BCUT2D eigenvalue weighted by Gasteiger charge is 2.38. The topological polar surface area (TPSA) is 104 Å². The lowest BCUT2D eigenvalue weighted by atomic mass is 10.1. The number of rotatable bonds is 11. The average Bonchev–Trinajstić information content (AvgIpc) is 3.48. The highest BCUT2D eigenvalue weighted by atomic mass is 16.5. The summed E-state index contributed by atoms with van der Waals surface area (Å²) in [6.45, 7) is 2.47. The Morgan fingerprint density at radius 2 is 2.03 bits per heavy atom. The molecule has 0 aromatic carbocycles. The van der Waals surface area contributed by atoms with Gasteiger partial charge < -0.3 is 20.5 Å². The molecule has 0 bridgehead atoms. The van der Waals surface area contributed by atoms with Crippen molar-refractivity contribution >= 4 is 11.8 Å². The summed E-state index contributed by atoms with van der Waals surface area (Å²) < 4.78 is 4.98. The number of aliphatic hydroxyl groups excluding tert-OH is 1. The van der Waals surface area contributed by atoms with Gasteiger partial charge in [-0.05, 0) is 49.3 Å². The van der Waals surface area contributed by atoms with Gasteiger partial charge in [-0.25, -0.2) is 0 Å². The highest BCUT2D eigenvalue weighted by molar-refractivity contribution is 5.92. The summed E-state index contributed by atoms with van der Waals surface area (Å²) in [6.07, 6.45) is 6.45. The lowest BCUT2D eigenvalue weighted by Gasteiger charge is -2.30. The van der Waals surface area contributed by atoms with Crippen LogP contribution in [0.4, 0.5) is 0 Å². The van der Waals surface area contributed by atoms with Crippen LogP contribution in [-0.4, -0.2) is 72.2 Å². The molecule has 0 spiro atoms. The smallest absolute Gasteiger partial charge is 0.269 e. The third kappa shape index (κ3) is 6.48. The zero-order chi connectivity index (χ0) is 20.6. The van der Waals surface area contributed by atoms with E-state index in [1.807, 2.05) is 0 Å². The van der Waals surface area contributed by atoms with E-state index in [0.717, 1.165) is 19.4 Å². The number of nitrogens with zero attached hydrogens (tertiary/aromatic N) is 2. The molecule has 1 aromatic heterocycles. The standard InChI is InChI=1S/C21H32N4O4/c1-29-9-8-23-20(27)11-17-4-5-18(25(17)13-15-2-3-15)12-24-21(28)19-10-16(14-26)6-7-22-19/h6-7,10,15,17-18,26H,2-5,8-9,11-14H2,1H3,(H,23,27)(H,24,28)/t17-,18+/m1/s1. The van der Waals surface area contributed by atoms with E-state index in [2.05, 4.69) is 20.5 Å². The van der Waals surface area contributed by atoms with Crippen LogP contribution in [0, 0.1) is 5.92 Å². The molecule has 1 saturated heterocycles. The minimum Gasteiger partial charge on any atom is -0.392 e. The molecule has 2 fully saturated rings. The Morgan fingerprint density at radius 1 is 1.24 bits per heavy atom. The molecule has 2 amide bonds. The van der Waals surface area contributed by atoms with Crippen molar-refractivity contribution in [1.29, 1.82) is 0 Å². The van der Waals surface area contributed by atoms with Crippen LogP contribution in [-0.2, 0) is 16.1 Å². The maximum Gasteiger partial charge on any atom is 0.269 e. The number of carbonyl (C=O) groups is 2. The van der Waals surface area contributed by atoms with E-state index in [4.69, 9.17) is 4.74 Å². The maximum absolute atomic E-state index is 12.5. The minimum atomic E-state index is -0.229. The Labute approximate surface area is 172 Å². The molecule has 0 unspecified atom stereocenters. The molecule has 3 rings (SSSR count). The van der Waals surface area contributed by atoms with E-state index in [0.29, 0.717) is 43.3 Å². The van der Waals surface area contributed by atoms with E-state index < -0.39 is 0 Å². The van der Waals surface area contributed by atoms with Crippen LogP contribution < -0.4 is 10.6 Å². The van der Waals surface area contributed by atoms with Crippen LogP contribution in [0.5, 0.6) is 0 Å². The first kappa shape index (κ1) is 21.7. The van der Waals surface area contributed by atoms with Crippen LogP contribution in [0.3, 0.4) is 0 Å². The average molecular weight is 405 g/mol. The molecular weight excluding hydrogens is 372 g/mol. The molecule has 0 radical (unpaired) electrons. The Balaban J connectivity index is 1.53. The van der Waals surface area contributed by atoms with E-state index in [1.165, 1.54) is 19.0 Å². The van der Waals surface area contributed by atoms with Crippen molar-refractivity contribution in [3.63, 3.8) is 0 Å². The molecule has 29 heavy (non-hydrogen) atoms. The van der Waals surface area contributed by atoms with Gasteiger partial charge in [-0.1, -0.05) is 0 Å². The van der Waals surface area contributed by atoms with Crippen LogP contribution in [0.15, 0.2) is 18.3 Å². The Morgan fingerprint density at radius 3 is 2.76 bits per heavy atom. The quantitative estimate of drug-likeness (QED) is 0.469. The molecule has 1 aromatic rings. The number of nitrogens with one attached hydrogen (secondary N) is 2. The van der Waals surface area contributed by atoms with Crippen LogP contribution in [0.1, 0.15) is 48.2 Å². The lowest BCUT2D eigenvalue weighted by molar-refractivity contribution is -0.122. The number of amides is 2. The largest absolute Gasteiger partial charge is 0.392 e. The van der Waals surface area contributed by atoms with E-state index in [9.17, 15) is 14.7 Å². The van der Waals surface area contributed by atoms with E-state index >= 15 is 0 Å². The van der Waals surface area contributed by atoms with Gasteiger partial charge in [-0.3, -0.25) is 19.5 Å². The van der Waals surface area contributed by atoms with Crippen molar-refractivity contribution in [1.82, 2.24) is 20.5 Å². The van der Waals surface area contributed by atoms with Crippen LogP contribution in [0.2, 0.25) is 0 Å². The molecule has 3 N–H and O–H groups in total. The summed E-state index contributed by atoms with van der Waals surface area (Å²) in [4.78, 5) is 31.2. The first-order valence-electron chi connectivity index (χ1n) is 10.5. The normalized spacial score (nSPS) is 21.9. The second-order valence-electron chi connectivity index (χ2n) is 7.99. The molecule has 160 valence electrons. The molecule has 1 aliphatic carbocycles. The SMILES string of the molecule is COCCNC(=O)C[C@H]1CC[C@@H](CNC(=O)c2cc(CO)ccn2)N1CC1CC1. The predicted molar refractivity (Wildman–Crippen MR) is 108 cm³/mol. The summed E-state index contributed by atoms with van der Waals surface area (Å²) >= 11 is 0. The van der Waals surface area contributed by atoms with Gasteiger partial charge in [0, 0.05) is 51.4 Å². The molecular formula is C21H32N4O4. The summed E-state index contributed by atoms with van der Waals surface area (Å²) in [7, 11) is 1.62. The van der Waals surface area contributed by atoms with Gasteiger partial charge in [-0.15, -0.1) is 0 Å². The lowest BCUT2D eigenvalue weighted by Crippen LogP contribution is -2.45. The molecule has 1 aliphatic heterocycles. The summed E-state index contributed by atoms with van der Waals surface area (Å²) in [5.74, 6) is 0.545. The number of carbonyl (C=O) groups excluding carboxylic acids is 2. The molecule has 1 saturated carbocycles. The number of methoxy groups -OCH3 is 1. The van der Waals surface area contributed by atoms with Crippen molar-refractivity contribution in [3.05, 3.63) is 29.6 Å².